The second-order valence-corrected chi connectivity index (χ2v) is 13.7. The summed E-state index contributed by atoms with van der Waals surface area (Å²) in [6.07, 6.45) is 1.38. The SMILES string of the molecule is Cc1cc(C(Nc2ccc3nc[nH]c(=O)c3c2)C(=O)O)cc(C)c1CN(C)C(=O)Cc1ccc(S(=O)(=O)C(C)C)c(CN)c1. The van der Waals surface area contributed by atoms with Crippen LogP contribution in [-0.2, 0) is 38.9 Å². The molecule has 1 atom stereocenters. The van der Waals surface area contributed by atoms with Gasteiger partial charge in [0.25, 0.3) is 5.56 Å². The van der Waals surface area contributed by atoms with E-state index in [1.165, 1.54) is 12.4 Å². The average Bonchev–Trinajstić information content (AvgIpc) is 2.97. The lowest BCUT2D eigenvalue weighted by molar-refractivity contribution is -0.138. The molecule has 1 amide bonds. The first-order valence-corrected chi connectivity index (χ1v) is 15.6. The van der Waals surface area contributed by atoms with E-state index in [1.807, 2.05) is 13.8 Å². The van der Waals surface area contributed by atoms with E-state index in [0.717, 1.165) is 16.7 Å². The monoisotopic (exact) mass is 619 g/mol. The van der Waals surface area contributed by atoms with Crippen LogP contribution in [0.3, 0.4) is 0 Å². The molecule has 0 aliphatic carbocycles. The summed E-state index contributed by atoms with van der Waals surface area (Å²) in [4.78, 5) is 46.1. The van der Waals surface area contributed by atoms with Crippen molar-refractivity contribution in [3.63, 3.8) is 0 Å². The minimum absolute atomic E-state index is 0.0342. The van der Waals surface area contributed by atoms with Gasteiger partial charge in [0.15, 0.2) is 15.9 Å². The minimum Gasteiger partial charge on any atom is -0.479 e. The number of aliphatic carboxylic acids is 1. The summed E-state index contributed by atoms with van der Waals surface area (Å²) in [5, 5.41) is 12.8. The predicted octanol–water partition coefficient (Wildman–Crippen LogP) is 3.62. The summed E-state index contributed by atoms with van der Waals surface area (Å²) in [7, 11) is -1.82. The predicted molar refractivity (Wildman–Crippen MR) is 169 cm³/mol. The molecule has 232 valence electrons. The quantitative estimate of drug-likeness (QED) is 0.195. The number of aryl methyl sites for hydroxylation is 2. The number of fused-ring (bicyclic) bond motifs is 1. The van der Waals surface area contributed by atoms with Crippen LogP contribution in [-0.4, -0.2) is 52.6 Å². The lowest BCUT2D eigenvalue weighted by Gasteiger charge is -2.23. The number of aromatic nitrogens is 2. The number of carbonyl (C=O) groups excluding carboxylic acids is 1. The van der Waals surface area contributed by atoms with Gasteiger partial charge < -0.3 is 26.0 Å². The molecule has 44 heavy (non-hydrogen) atoms. The number of H-pyrrole nitrogens is 1. The third-order valence-electron chi connectivity index (χ3n) is 7.70. The largest absolute Gasteiger partial charge is 0.479 e. The van der Waals surface area contributed by atoms with Gasteiger partial charge in [0, 0.05) is 25.8 Å². The second kappa shape index (κ2) is 13.0. The molecule has 0 saturated carbocycles. The smallest absolute Gasteiger partial charge is 0.330 e. The number of amides is 1. The van der Waals surface area contributed by atoms with Crippen molar-refractivity contribution in [1.29, 1.82) is 0 Å². The number of likely N-dealkylation sites (N-methyl/N-ethyl adjacent to an activating group) is 1. The van der Waals surface area contributed by atoms with E-state index in [9.17, 15) is 27.9 Å². The Kier molecular flexibility index (Phi) is 9.55. The summed E-state index contributed by atoms with van der Waals surface area (Å²) in [5.74, 6) is -1.26. The number of benzene rings is 3. The fourth-order valence-corrected chi connectivity index (χ4v) is 6.40. The van der Waals surface area contributed by atoms with E-state index in [1.54, 1.807) is 68.3 Å². The maximum atomic E-state index is 13.2. The van der Waals surface area contributed by atoms with Crippen LogP contribution < -0.4 is 16.6 Å². The van der Waals surface area contributed by atoms with Gasteiger partial charge in [-0.1, -0.05) is 24.3 Å². The van der Waals surface area contributed by atoms with Crippen molar-refractivity contribution >= 4 is 38.3 Å². The van der Waals surface area contributed by atoms with Crippen molar-refractivity contribution in [3.05, 3.63) is 98.6 Å². The lowest BCUT2D eigenvalue weighted by Crippen LogP contribution is -2.29. The number of nitrogens with one attached hydrogen (secondary N) is 2. The molecule has 11 nitrogen and oxygen atoms in total. The average molecular weight is 620 g/mol. The molecular formula is C32H37N5O6S. The normalized spacial score (nSPS) is 12.3. The van der Waals surface area contributed by atoms with Crippen molar-refractivity contribution in [1.82, 2.24) is 14.9 Å². The van der Waals surface area contributed by atoms with Crippen LogP contribution in [0.4, 0.5) is 5.69 Å². The number of aromatic amines is 1. The van der Waals surface area contributed by atoms with Gasteiger partial charge in [-0.15, -0.1) is 0 Å². The van der Waals surface area contributed by atoms with Gasteiger partial charge in [-0.25, -0.2) is 18.2 Å². The van der Waals surface area contributed by atoms with Crippen LogP contribution in [0.2, 0.25) is 0 Å². The maximum Gasteiger partial charge on any atom is 0.330 e. The molecule has 3 aromatic carbocycles. The molecule has 1 unspecified atom stereocenters. The number of rotatable bonds is 11. The van der Waals surface area contributed by atoms with Gasteiger partial charge in [0.1, 0.15) is 0 Å². The Morgan fingerprint density at radius 3 is 2.36 bits per heavy atom. The highest BCUT2D eigenvalue weighted by atomic mass is 32.2. The van der Waals surface area contributed by atoms with Crippen LogP contribution in [0.1, 0.15) is 53.3 Å². The third kappa shape index (κ3) is 6.81. The first-order chi connectivity index (χ1) is 20.7. The van der Waals surface area contributed by atoms with Gasteiger partial charge in [0.2, 0.25) is 5.91 Å². The number of carboxylic acid groups (broad SMARTS) is 1. The van der Waals surface area contributed by atoms with E-state index in [-0.39, 0.29) is 29.3 Å². The molecule has 4 aromatic rings. The fourth-order valence-electron chi connectivity index (χ4n) is 5.12. The Bertz CT molecular complexity index is 1880. The number of hydrogen-bond donors (Lipinski definition) is 4. The summed E-state index contributed by atoms with van der Waals surface area (Å²) >= 11 is 0. The number of anilines is 1. The maximum absolute atomic E-state index is 13.2. The van der Waals surface area contributed by atoms with Gasteiger partial charge >= 0.3 is 5.97 Å². The Morgan fingerprint density at radius 2 is 1.75 bits per heavy atom. The van der Waals surface area contributed by atoms with Crippen LogP contribution in [0.25, 0.3) is 10.9 Å². The summed E-state index contributed by atoms with van der Waals surface area (Å²) in [6.45, 7) is 7.29. The molecule has 0 aliphatic heterocycles. The molecule has 0 fully saturated rings. The van der Waals surface area contributed by atoms with Gasteiger partial charge in [-0.05, 0) is 85.3 Å². The van der Waals surface area contributed by atoms with Crippen LogP contribution in [0.15, 0.2) is 64.5 Å². The van der Waals surface area contributed by atoms with E-state index >= 15 is 0 Å². The van der Waals surface area contributed by atoms with Crippen molar-refractivity contribution < 1.29 is 23.1 Å². The fraction of sp³-hybridized carbons (Fsp3) is 0.312. The number of nitrogens with zero attached hydrogens (tertiary/aromatic N) is 2. The molecule has 1 heterocycles. The molecule has 0 saturated heterocycles. The first-order valence-electron chi connectivity index (χ1n) is 14.1. The van der Waals surface area contributed by atoms with Crippen molar-refractivity contribution in [2.45, 2.75) is 63.4 Å². The molecule has 1 aromatic heterocycles. The molecule has 12 heteroatoms. The number of carbonyl (C=O) groups is 2. The molecule has 5 N–H and O–H groups in total. The standard InChI is InChI=1S/C32H37N5O6S/c1-18(2)44(42,43)28-9-6-21(12-23(28)15-33)13-29(38)37(5)16-26-19(3)10-22(11-20(26)4)30(32(40)41)36-24-7-8-27-25(14-24)31(39)35-17-34-27/h6-12,14,17-18,30,36H,13,15-16,33H2,1-5H3,(H,40,41)(H,34,35,39). The Balaban J connectivity index is 1.52. The molecule has 0 spiro atoms. The number of sulfone groups is 1. The second-order valence-electron chi connectivity index (χ2n) is 11.2. The Labute approximate surface area is 256 Å². The minimum atomic E-state index is -3.51. The van der Waals surface area contributed by atoms with Gasteiger partial charge in [0.05, 0.1) is 33.8 Å². The van der Waals surface area contributed by atoms with Crippen molar-refractivity contribution in [2.24, 2.45) is 5.73 Å². The topological polar surface area (TPSA) is 176 Å². The third-order valence-corrected chi connectivity index (χ3v) is 9.95. The number of nitrogens with two attached hydrogens (primary N) is 1. The highest BCUT2D eigenvalue weighted by Gasteiger charge is 2.24. The van der Waals surface area contributed by atoms with E-state index in [4.69, 9.17) is 5.73 Å². The lowest BCUT2D eigenvalue weighted by atomic mass is 9.95. The van der Waals surface area contributed by atoms with E-state index < -0.39 is 27.1 Å². The molecule has 0 bridgehead atoms. The molecular weight excluding hydrogens is 582 g/mol. The van der Waals surface area contributed by atoms with Crippen LogP contribution in [0.5, 0.6) is 0 Å². The number of hydrogen-bond acceptors (Lipinski definition) is 8. The summed E-state index contributed by atoms with van der Waals surface area (Å²) < 4.78 is 25.4. The Morgan fingerprint density at radius 1 is 1.07 bits per heavy atom. The summed E-state index contributed by atoms with van der Waals surface area (Å²) in [6, 6.07) is 12.2. The van der Waals surface area contributed by atoms with Gasteiger partial charge in [-0.3, -0.25) is 9.59 Å². The van der Waals surface area contributed by atoms with Gasteiger partial charge in [-0.2, -0.15) is 0 Å². The van der Waals surface area contributed by atoms with Crippen LogP contribution >= 0.6 is 0 Å². The summed E-state index contributed by atoms with van der Waals surface area (Å²) in [5.41, 5.74) is 10.7. The zero-order chi connectivity index (χ0) is 32.3. The molecule has 0 aliphatic rings. The highest BCUT2D eigenvalue weighted by molar-refractivity contribution is 7.92. The van der Waals surface area contributed by atoms with E-state index in [2.05, 4.69) is 15.3 Å². The molecule has 4 rings (SSSR count). The molecule has 0 radical (unpaired) electrons. The number of carboxylic acids is 1. The van der Waals surface area contributed by atoms with Crippen LogP contribution in [0, 0.1) is 13.8 Å². The van der Waals surface area contributed by atoms with E-state index in [0.29, 0.717) is 39.8 Å². The van der Waals surface area contributed by atoms with Crippen molar-refractivity contribution in [2.75, 3.05) is 12.4 Å². The Hall–Kier alpha value is -4.55. The van der Waals surface area contributed by atoms with Crippen molar-refractivity contribution in [3.8, 4) is 0 Å². The first kappa shape index (κ1) is 32.4. The highest BCUT2D eigenvalue weighted by Crippen LogP contribution is 2.27. The zero-order valence-corrected chi connectivity index (χ0v) is 26.2. The zero-order valence-electron chi connectivity index (χ0n) is 25.3.